The molecule has 3 rings (SSSR count). The van der Waals surface area contributed by atoms with E-state index in [1.165, 1.54) is 38.5 Å². The van der Waals surface area contributed by atoms with Crippen LogP contribution in [-0.4, -0.2) is 18.1 Å². The monoisotopic (exact) mass is 200 g/mol. The van der Waals surface area contributed by atoms with Gasteiger partial charge in [-0.3, -0.25) is 0 Å². The van der Waals surface area contributed by atoms with E-state index < -0.39 is 0 Å². The molecular weight excluding hydrogens is 184 g/mol. The molecule has 0 aromatic rings. The largest absolute Gasteiger partial charge is 0.377 e. The van der Waals surface area contributed by atoms with Crippen molar-refractivity contribution in [3.8, 4) is 0 Å². The van der Waals surface area contributed by atoms with Crippen LogP contribution in [0.15, 0.2) is 0 Å². The molecule has 0 aromatic heterocycles. The molecule has 0 bridgehead atoms. The average molecular weight is 201 g/mol. The lowest BCUT2D eigenvalue weighted by Gasteiger charge is -2.59. The molecule has 1 aliphatic heterocycles. The third-order valence-corrected chi connectivity index (χ3v) is 5.15. The highest BCUT2D eigenvalue weighted by Crippen LogP contribution is 2.62. The third-order valence-electron chi connectivity index (χ3n) is 4.39. The van der Waals surface area contributed by atoms with Gasteiger partial charge >= 0.3 is 0 Å². The van der Waals surface area contributed by atoms with Crippen LogP contribution in [0.25, 0.3) is 0 Å². The van der Waals surface area contributed by atoms with Gasteiger partial charge < -0.3 is 4.74 Å². The van der Waals surface area contributed by atoms with Gasteiger partial charge in [0.05, 0.1) is 6.10 Å². The summed E-state index contributed by atoms with van der Waals surface area (Å²) in [7, 11) is 0. The number of rotatable bonds is 0. The molecule has 1 nitrogen and oxygen atoms in total. The minimum absolute atomic E-state index is 0.409. The fourth-order valence-electron chi connectivity index (χ4n) is 3.75. The fraction of sp³-hybridized carbons (Fsp3) is 1.00. The molecule has 0 amide bonds. The van der Waals surface area contributed by atoms with E-state index in [9.17, 15) is 0 Å². The summed E-state index contributed by atoms with van der Waals surface area (Å²) in [5, 5.41) is 0.431. The second-order valence-electron chi connectivity index (χ2n) is 4.94. The first-order valence-electron chi connectivity index (χ1n) is 5.60. The Labute approximate surface area is 84.8 Å². The Morgan fingerprint density at radius 3 is 2.69 bits per heavy atom. The van der Waals surface area contributed by atoms with Crippen LogP contribution in [0.4, 0.5) is 0 Å². The zero-order valence-electron chi connectivity index (χ0n) is 7.97. The van der Waals surface area contributed by atoms with Gasteiger partial charge in [0.15, 0.2) is 0 Å². The molecule has 74 valence electrons. The predicted molar refractivity (Wildman–Crippen MR) is 53.0 cm³/mol. The van der Waals surface area contributed by atoms with Crippen LogP contribution in [-0.2, 0) is 4.74 Å². The summed E-state index contributed by atoms with van der Waals surface area (Å²) in [4.78, 5) is 0. The highest BCUT2D eigenvalue weighted by atomic mass is 35.5. The van der Waals surface area contributed by atoms with Crippen molar-refractivity contribution in [1.82, 2.24) is 0 Å². The number of alkyl halides is 1. The van der Waals surface area contributed by atoms with Gasteiger partial charge in [-0.15, -0.1) is 11.6 Å². The smallest absolute Gasteiger partial charge is 0.0687 e. The van der Waals surface area contributed by atoms with Crippen LogP contribution < -0.4 is 0 Å². The van der Waals surface area contributed by atoms with Crippen molar-refractivity contribution in [3.05, 3.63) is 0 Å². The molecule has 3 unspecified atom stereocenters. The molecule has 0 radical (unpaired) electrons. The third kappa shape index (κ3) is 0.979. The maximum absolute atomic E-state index is 6.51. The number of fused-ring (bicyclic) bond motifs is 2. The van der Waals surface area contributed by atoms with Gasteiger partial charge in [-0.25, -0.2) is 0 Å². The standard InChI is InChI=1S/C11H17ClO/c12-9-8-4-3-7-13-10(8)11(9)5-1-2-6-11/h8-10H,1-7H2. The van der Waals surface area contributed by atoms with Gasteiger partial charge in [0.25, 0.3) is 0 Å². The Balaban J connectivity index is 1.82. The minimum atomic E-state index is 0.409. The number of hydrogen-bond donors (Lipinski definition) is 0. The van der Waals surface area contributed by atoms with Gasteiger partial charge in [0.1, 0.15) is 0 Å². The van der Waals surface area contributed by atoms with E-state index in [0.717, 1.165) is 6.61 Å². The number of ether oxygens (including phenoxy) is 1. The topological polar surface area (TPSA) is 9.23 Å². The second-order valence-corrected chi connectivity index (χ2v) is 5.41. The summed E-state index contributed by atoms with van der Waals surface area (Å²) in [6.45, 7) is 0.979. The lowest BCUT2D eigenvalue weighted by atomic mass is 9.56. The van der Waals surface area contributed by atoms with E-state index in [-0.39, 0.29) is 0 Å². The van der Waals surface area contributed by atoms with E-state index in [1.807, 2.05) is 0 Å². The van der Waals surface area contributed by atoms with Crippen molar-refractivity contribution in [2.24, 2.45) is 11.3 Å². The SMILES string of the molecule is ClC1C2CCCOC2C12CCCC2. The van der Waals surface area contributed by atoms with Crippen LogP contribution in [0.3, 0.4) is 0 Å². The van der Waals surface area contributed by atoms with Crippen LogP contribution in [0.2, 0.25) is 0 Å². The van der Waals surface area contributed by atoms with Gasteiger partial charge in [0, 0.05) is 23.3 Å². The molecule has 2 heteroatoms. The van der Waals surface area contributed by atoms with Gasteiger partial charge in [-0.1, -0.05) is 12.8 Å². The summed E-state index contributed by atoms with van der Waals surface area (Å²) < 4.78 is 5.90. The van der Waals surface area contributed by atoms with Crippen molar-refractivity contribution < 1.29 is 4.74 Å². The van der Waals surface area contributed by atoms with Crippen molar-refractivity contribution >= 4 is 11.6 Å². The van der Waals surface area contributed by atoms with E-state index in [1.54, 1.807) is 0 Å². The van der Waals surface area contributed by atoms with E-state index in [4.69, 9.17) is 16.3 Å². The predicted octanol–water partition coefficient (Wildman–Crippen LogP) is 2.96. The van der Waals surface area contributed by atoms with Crippen LogP contribution in [0.1, 0.15) is 38.5 Å². The Hall–Kier alpha value is 0.250. The first-order chi connectivity index (χ1) is 6.34. The van der Waals surface area contributed by atoms with Gasteiger partial charge in [-0.05, 0) is 25.7 Å². The van der Waals surface area contributed by atoms with Crippen molar-refractivity contribution in [3.63, 3.8) is 0 Å². The Kier molecular flexibility index (Phi) is 1.89. The quantitative estimate of drug-likeness (QED) is 0.547. The Bertz CT molecular complexity index is 210. The number of halogens is 1. The minimum Gasteiger partial charge on any atom is -0.377 e. The molecule has 13 heavy (non-hydrogen) atoms. The highest BCUT2D eigenvalue weighted by Gasteiger charge is 2.62. The molecule has 3 fully saturated rings. The molecule has 1 saturated heterocycles. The van der Waals surface area contributed by atoms with E-state index in [2.05, 4.69) is 0 Å². The summed E-state index contributed by atoms with van der Waals surface area (Å²) in [5.74, 6) is 0.688. The van der Waals surface area contributed by atoms with Gasteiger partial charge in [0.2, 0.25) is 0 Å². The van der Waals surface area contributed by atoms with Crippen molar-refractivity contribution in [2.75, 3.05) is 6.61 Å². The normalized spacial score (nSPS) is 47.3. The highest BCUT2D eigenvalue weighted by molar-refractivity contribution is 6.22. The van der Waals surface area contributed by atoms with E-state index >= 15 is 0 Å². The molecule has 1 heterocycles. The summed E-state index contributed by atoms with van der Waals surface area (Å²) >= 11 is 6.51. The molecule has 1 spiro atoms. The fourth-order valence-corrected chi connectivity index (χ4v) is 4.36. The molecule has 0 aromatic carbocycles. The van der Waals surface area contributed by atoms with E-state index in [0.29, 0.717) is 22.8 Å². The summed E-state index contributed by atoms with van der Waals surface area (Å²) in [6.07, 6.45) is 8.45. The molecule has 2 aliphatic carbocycles. The van der Waals surface area contributed by atoms with Crippen LogP contribution in [0.5, 0.6) is 0 Å². The summed E-state index contributed by atoms with van der Waals surface area (Å²) in [6, 6.07) is 0. The molecule has 3 aliphatic rings. The molecule has 3 atom stereocenters. The molecular formula is C11H17ClO. The average Bonchev–Trinajstić information content (AvgIpc) is 2.68. The Morgan fingerprint density at radius 1 is 1.15 bits per heavy atom. The van der Waals surface area contributed by atoms with Crippen molar-refractivity contribution in [1.29, 1.82) is 0 Å². The summed E-state index contributed by atoms with van der Waals surface area (Å²) in [5.41, 5.74) is 0.409. The van der Waals surface area contributed by atoms with Gasteiger partial charge in [-0.2, -0.15) is 0 Å². The first-order valence-corrected chi connectivity index (χ1v) is 6.04. The maximum atomic E-state index is 6.51. The maximum Gasteiger partial charge on any atom is 0.0687 e. The molecule has 2 saturated carbocycles. The zero-order valence-corrected chi connectivity index (χ0v) is 8.72. The second kappa shape index (κ2) is 2.87. The lowest BCUT2D eigenvalue weighted by Crippen LogP contribution is -2.63. The molecule has 0 N–H and O–H groups in total. The lowest BCUT2D eigenvalue weighted by molar-refractivity contribution is -0.176. The number of hydrogen-bond acceptors (Lipinski definition) is 1. The first kappa shape index (κ1) is 8.55. The van der Waals surface area contributed by atoms with Crippen LogP contribution in [0, 0.1) is 11.3 Å². The van der Waals surface area contributed by atoms with Crippen molar-refractivity contribution in [2.45, 2.75) is 50.0 Å². The zero-order chi connectivity index (χ0) is 8.89. The Morgan fingerprint density at radius 2 is 1.92 bits per heavy atom. The van der Waals surface area contributed by atoms with Crippen LogP contribution >= 0.6 is 11.6 Å².